The highest BCUT2D eigenvalue weighted by atomic mass is 16.6. The number of piperazine rings is 1. The number of nitrogens with zero attached hydrogens (tertiary/aromatic N) is 2. The molecule has 1 aliphatic rings. The van der Waals surface area contributed by atoms with Crippen LogP contribution in [0.15, 0.2) is 24.3 Å². The zero-order valence-corrected chi connectivity index (χ0v) is 12.4. The number of likely N-dealkylation sites (N-methyl/N-ethyl adjacent to an activating group) is 2. The van der Waals surface area contributed by atoms with Crippen LogP contribution >= 0.6 is 0 Å². The summed E-state index contributed by atoms with van der Waals surface area (Å²) < 4.78 is 5.47. The van der Waals surface area contributed by atoms with Crippen LogP contribution in [0.4, 0.5) is 0 Å². The number of quaternary nitrogens is 1. The van der Waals surface area contributed by atoms with E-state index >= 15 is 0 Å². The summed E-state index contributed by atoms with van der Waals surface area (Å²) in [6, 6.07) is 5.62. The average molecular weight is 293 g/mol. The molecule has 0 bridgehead atoms. The minimum absolute atomic E-state index is 0.0633. The monoisotopic (exact) mass is 293 g/mol. The highest BCUT2D eigenvalue weighted by Crippen LogP contribution is 2.12. The number of esters is 2. The Bertz CT molecular complexity index is 519. The number of hydrogen-bond donors (Lipinski definition) is 1. The number of benzene rings is 1. The first kappa shape index (κ1) is 15.5. The van der Waals surface area contributed by atoms with Crippen LogP contribution in [0.5, 0.6) is 5.75 Å². The number of hydrogen-bond acceptors (Lipinski definition) is 5. The topological polar surface area (TPSA) is 66.8 Å². The molecule has 6 nitrogen and oxygen atoms in total. The highest BCUT2D eigenvalue weighted by molar-refractivity contribution is 5.97. The van der Waals surface area contributed by atoms with Gasteiger partial charge in [-0.25, -0.2) is 9.59 Å². The Morgan fingerprint density at radius 2 is 1.81 bits per heavy atom. The van der Waals surface area contributed by atoms with Crippen molar-refractivity contribution in [3.05, 3.63) is 29.8 Å². The second kappa shape index (κ2) is 6.24. The molecule has 0 aliphatic carbocycles. The van der Waals surface area contributed by atoms with Gasteiger partial charge < -0.3 is 14.3 Å². The lowest BCUT2D eigenvalue weighted by atomic mass is 10.2. The number of phenols is 1. The predicted octanol–water partition coefficient (Wildman–Crippen LogP) is 0.468. The van der Waals surface area contributed by atoms with Crippen molar-refractivity contribution in [2.75, 3.05) is 46.8 Å². The molecule has 0 unspecified atom stereocenters. The third kappa shape index (κ3) is 4.27. The summed E-state index contributed by atoms with van der Waals surface area (Å²) in [5, 5.41) is 9.17. The average Bonchev–Trinajstić information content (AvgIpc) is 2.43. The minimum atomic E-state index is -0.680. The van der Waals surface area contributed by atoms with Gasteiger partial charge in [0.1, 0.15) is 5.75 Å². The summed E-state index contributed by atoms with van der Waals surface area (Å²) in [4.78, 5) is 26.0. The molecule has 1 saturated heterocycles. The van der Waals surface area contributed by atoms with Crippen molar-refractivity contribution in [1.82, 2.24) is 4.90 Å². The fraction of sp³-hybridized carbons (Fsp3) is 0.467. The van der Waals surface area contributed by atoms with Gasteiger partial charge in [0.2, 0.25) is 0 Å². The molecule has 0 atom stereocenters. The molecule has 1 N–H and O–H groups in total. The van der Waals surface area contributed by atoms with Crippen LogP contribution in [0.1, 0.15) is 10.4 Å². The summed E-state index contributed by atoms with van der Waals surface area (Å²) >= 11 is 0. The summed E-state index contributed by atoms with van der Waals surface area (Å²) in [5.41, 5.74) is 0.252. The zero-order chi connectivity index (χ0) is 15.5. The van der Waals surface area contributed by atoms with E-state index in [9.17, 15) is 9.59 Å². The molecule has 1 fully saturated rings. The molecular weight excluding hydrogens is 272 g/mol. The fourth-order valence-corrected chi connectivity index (χ4v) is 2.31. The summed E-state index contributed by atoms with van der Waals surface area (Å²) in [6.45, 7) is 3.76. The van der Waals surface area contributed by atoms with E-state index in [0.29, 0.717) is 4.48 Å². The van der Waals surface area contributed by atoms with Gasteiger partial charge in [-0.2, -0.15) is 0 Å². The molecule has 0 aromatic heterocycles. The number of phenolic OH excluding ortho intramolecular Hbond substituents is 1. The first-order chi connectivity index (χ1) is 9.88. The number of rotatable bonds is 3. The maximum atomic E-state index is 11.9. The lowest BCUT2D eigenvalue weighted by Gasteiger charge is -2.39. The van der Waals surface area contributed by atoms with E-state index in [4.69, 9.17) is 9.84 Å². The smallest absolute Gasteiger partial charge is 0.369 e. The van der Waals surface area contributed by atoms with E-state index in [1.54, 1.807) is 0 Å². The quantitative estimate of drug-likeness (QED) is 0.498. The van der Waals surface area contributed by atoms with Crippen molar-refractivity contribution >= 4 is 11.9 Å². The van der Waals surface area contributed by atoms with Gasteiger partial charge in [0.15, 0.2) is 6.54 Å². The molecule has 0 spiro atoms. The van der Waals surface area contributed by atoms with E-state index in [1.165, 1.54) is 24.3 Å². The largest absolute Gasteiger partial charge is 0.508 e. The molecule has 0 amide bonds. The van der Waals surface area contributed by atoms with Crippen LogP contribution in [0.2, 0.25) is 0 Å². The second-order valence-corrected chi connectivity index (χ2v) is 5.84. The molecular formula is C15H21N2O4+. The molecule has 0 saturated carbocycles. The number of carbonyl (C=O) groups is 2. The number of carbonyl (C=O) groups excluding carboxylic acids is 2. The molecule has 21 heavy (non-hydrogen) atoms. The summed E-state index contributed by atoms with van der Waals surface area (Å²) in [6.07, 6.45) is 0. The van der Waals surface area contributed by atoms with Gasteiger partial charge in [-0.05, 0) is 31.3 Å². The molecule has 2 rings (SSSR count). The van der Waals surface area contributed by atoms with Crippen molar-refractivity contribution in [3.8, 4) is 5.75 Å². The van der Waals surface area contributed by atoms with Gasteiger partial charge in [-0.3, -0.25) is 4.90 Å². The van der Waals surface area contributed by atoms with Crippen LogP contribution in [-0.2, 0) is 9.53 Å². The van der Waals surface area contributed by atoms with Crippen molar-refractivity contribution in [2.24, 2.45) is 0 Å². The Morgan fingerprint density at radius 3 is 2.38 bits per heavy atom. The standard InChI is InChI=1S/C15H20N2O4/c1-16-7-9-17(2,10-8-16)11-14(19)21-15(20)12-3-5-13(18)6-4-12/h3-6H,7-11H2,1-2H3/p+1. The molecule has 114 valence electrons. The highest BCUT2D eigenvalue weighted by Gasteiger charge is 2.31. The van der Waals surface area contributed by atoms with E-state index in [0.717, 1.165) is 26.2 Å². The van der Waals surface area contributed by atoms with E-state index in [-0.39, 0.29) is 17.9 Å². The first-order valence-corrected chi connectivity index (χ1v) is 6.94. The zero-order valence-electron chi connectivity index (χ0n) is 12.4. The van der Waals surface area contributed by atoms with Crippen LogP contribution in [0.3, 0.4) is 0 Å². The van der Waals surface area contributed by atoms with Crippen LogP contribution in [0, 0.1) is 0 Å². The van der Waals surface area contributed by atoms with Crippen molar-refractivity contribution in [2.45, 2.75) is 0 Å². The van der Waals surface area contributed by atoms with Crippen LogP contribution < -0.4 is 0 Å². The summed E-state index contributed by atoms with van der Waals surface area (Å²) in [5.74, 6) is -1.13. The summed E-state index contributed by atoms with van der Waals surface area (Å²) in [7, 11) is 4.05. The Balaban J connectivity index is 1.89. The Kier molecular flexibility index (Phi) is 4.59. The number of ether oxygens (including phenoxy) is 1. The molecule has 1 aliphatic heterocycles. The van der Waals surface area contributed by atoms with Gasteiger partial charge in [0.05, 0.1) is 25.7 Å². The predicted molar refractivity (Wildman–Crippen MR) is 76.8 cm³/mol. The lowest BCUT2D eigenvalue weighted by molar-refractivity contribution is -0.906. The molecule has 0 radical (unpaired) electrons. The normalized spacial score (nSPS) is 18.2. The molecule has 1 aromatic rings. The molecule has 6 heteroatoms. The van der Waals surface area contributed by atoms with Gasteiger partial charge in [0.25, 0.3) is 0 Å². The third-order valence-corrected chi connectivity index (χ3v) is 3.86. The van der Waals surface area contributed by atoms with Gasteiger partial charge >= 0.3 is 11.9 Å². The molecule has 1 aromatic carbocycles. The minimum Gasteiger partial charge on any atom is -0.508 e. The fourth-order valence-electron chi connectivity index (χ4n) is 2.31. The second-order valence-electron chi connectivity index (χ2n) is 5.84. The molecule has 1 heterocycles. The van der Waals surface area contributed by atoms with E-state index in [1.807, 2.05) is 7.05 Å². The number of aromatic hydroxyl groups is 1. The maximum absolute atomic E-state index is 11.9. The van der Waals surface area contributed by atoms with Gasteiger partial charge in [0, 0.05) is 13.1 Å². The van der Waals surface area contributed by atoms with Crippen molar-refractivity contribution in [1.29, 1.82) is 0 Å². The van der Waals surface area contributed by atoms with Crippen molar-refractivity contribution in [3.63, 3.8) is 0 Å². The lowest BCUT2D eigenvalue weighted by Crippen LogP contribution is -2.58. The first-order valence-electron chi connectivity index (χ1n) is 6.94. The Morgan fingerprint density at radius 1 is 1.24 bits per heavy atom. The van der Waals surface area contributed by atoms with Gasteiger partial charge in [-0.15, -0.1) is 0 Å². The van der Waals surface area contributed by atoms with Crippen molar-refractivity contribution < 1.29 is 23.9 Å². The Labute approximate surface area is 124 Å². The van der Waals surface area contributed by atoms with E-state index in [2.05, 4.69) is 11.9 Å². The maximum Gasteiger partial charge on any atom is 0.369 e. The van der Waals surface area contributed by atoms with Gasteiger partial charge in [-0.1, -0.05) is 0 Å². The SMILES string of the molecule is CN1CC[N+](C)(CC(=O)OC(=O)c2ccc(O)cc2)CC1. The van der Waals surface area contributed by atoms with Crippen LogP contribution in [-0.4, -0.2) is 73.2 Å². The van der Waals surface area contributed by atoms with E-state index < -0.39 is 11.9 Å². The Hall–Kier alpha value is -1.92. The third-order valence-electron chi connectivity index (χ3n) is 3.86. The van der Waals surface area contributed by atoms with Crippen LogP contribution in [0.25, 0.3) is 0 Å².